The van der Waals surface area contributed by atoms with E-state index in [1.54, 1.807) is 20.8 Å². The molecule has 0 unspecified atom stereocenters. The maximum atomic E-state index is 11.6. The SMILES string of the molecule is COC(=O)CC[C@H](NCl)C(=O)OC(C)(C)C. The molecule has 0 saturated carbocycles. The standard InChI is InChI=1S/C10H18ClNO4/c1-10(2,3)16-9(14)7(12-11)5-6-8(13)15-4/h7,12H,5-6H2,1-4H3/t7-/m0/s1. The first kappa shape index (κ1) is 15.2. The van der Waals surface area contributed by atoms with Gasteiger partial charge in [0.15, 0.2) is 0 Å². The molecular weight excluding hydrogens is 234 g/mol. The van der Waals surface area contributed by atoms with E-state index in [4.69, 9.17) is 16.5 Å². The average molecular weight is 252 g/mol. The Morgan fingerprint density at radius 2 is 1.94 bits per heavy atom. The van der Waals surface area contributed by atoms with Gasteiger partial charge in [-0.25, -0.2) is 4.84 Å². The van der Waals surface area contributed by atoms with Crippen molar-refractivity contribution in [1.82, 2.24) is 4.84 Å². The van der Waals surface area contributed by atoms with Gasteiger partial charge in [-0.05, 0) is 39.0 Å². The predicted octanol–water partition coefficient (Wildman–Crippen LogP) is 1.39. The number of ether oxygens (including phenoxy) is 2. The van der Waals surface area contributed by atoms with Gasteiger partial charge in [-0.2, -0.15) is 0 Å². The Bertz CT molecular complexity index is 250. The largest absolute Gasteiger partial charge is 0.469 e. The smallest absolute Gasteiger partial charge is 0.324 e. The fourth-order valence-electron chi connectivity index (χ4n) is 0.954. The highest BCUT2D eigenvalue weighted by Gasteiger charge is 2.25. The van der Waals surface area contributed by atoms with Crippen molar-refractivity contribution in [3.05, 3.63) is 0 Å². The second kappa shape index (κ2) is 6.70. The molecule has 0 aromatic heterocycles. The molecule has 1 atom stereocenters. The molecule has 0 aromatic carbocycles. The van der Waals surface area contributed by atoms with E-state index in [0.29, 0.717) is 0 Å². The van der Waals surface area contributed by atoms with Crippen molar-refractivity contribution >= 4 is 23.7 Å². The van der Waals surface area contributed by atoms with Gasteiger partial charge in [-0.1, -0.05) is 0 Å². The Balaban J connectivity index is 4.17. The Labute approximate surface area is 101 Å². The van der Waals surface area contributed by atoms with Crippen LogP contribution in [0.3, 0.4) is 0 Å². The number of hydrogen-bond acceptors (Lipinski definition) is 5. The lowest BCUT2D eigenvalue weighted by molar-refractivity contribution is -0.157. The molecule has 0 aliphatic heterocycles. The van der Waals surface area contributed by atoms with Gasteiger partial charge in [0.05, 0.1) is 7.11 Å². The normalized spacial score (nSPS) is 13.1. The molecular formula is C10H18ClNO4. The first-order chi connectivity index (χ1) is 7.30. The van der Waals surface area contributed by atoms with E-state index in [1.807, 2.05) is 0 Å². The van der Waals surface area contributed by atoms with Gasteiger partial charge >= 0.3 is 11.9 Å². The van der Waals surface area contributed by atoms with E-state index >= 15 is 0 Å². The Hall–Kier alpha value is -0.810. The third-order valence-electron chi connectivity index (χ3n) is 1.69. The number of hydrogen-bond donors (Lipinski definition) is 1. The van der Waals surface area contributed by atoms with E-state index in [-0.39, 0.29) is 18.8 Å². The molecule has 16 heavy (non-hydrogen) atoms. The van der Waals surface area contributed by atoms with E-state index in [2.05, 4.69) is 9.57 Å². The fourth-order valence-corrected chi connectivity index (χ4v) is 1.15. The quantitative estimate of drug-likeness (QED) is 0.591. The third kappa shape index (κ3) is 6.63. The minimum absolute atomic E-state index is 0.111. The van der Waals surface area contributed by atoms with Crippen LogP contribution in [0.25, 0.3) is 0 Å². The minimum Gasteiger partial charge on any atom is -0.469 e. The van der Waals surface area contributed by atoms with Crippen molar-refractivity contribution in [3.63, 3.8) is 0 Å². The number of halogens is 1. The second-order valence-corrected chi connectivity index (χ2v) is 4.53. The summed E-state index contributed by atoms with van der Waals surface area (Å²) in [6.45, 7) is 5.28. The Kier molecular flexibility index (Phi) is 6.36. The summed E-state index contributed by atoms with van der Waals surface area (Å²) in [7, 11) is 1.29. The van der Waals surface area contributed by atoms with Gasteiger partial charge in [0.25, 0.3) is 0 Å². The van der Waals surface area contributed by atoms with Gasteiger partial charge in [0, 0.05) is 6.42 Å². The zero-order valence-corrected chi connectivity index (χ0v) is 10.8. The molecule has 0 rings (SSSR count). The monoisotopic (exact) mass is 251 g/mol. The van der Waals surface area contributed by atoms with Crippen LogP contribution in [0.4, 0.5) is 0 Å². The molecule has 94 valence electrons. The van der Waals surface area contributed by atoms with Crippen LogP contribution in [0.15, 0.2) is 0 Å². The van der Waals surface area contributed by atoms with E-state index in [0.717, 1.165) is 0 Å². The summed E-state index contributed by atoms with van der Waals surface area (Å²) < 4.78 is 9.58. The van der Waals surface area contributed by atoms with Crippen molar-refractivity contribution in [2.75, 3.05) is 7.11 Å². The number of methoxy groups -OCH3 is 1. The molecule has 0 spiro atoms. The van der Waals surface area contributed by atoms with Gasteiger partial charge in [-0.3, -0.25) is 9.59 Å². The van der Waals surface area contributed by atoms with Crippen molar-refractivity contribution in [2.24, 2.45) is 0 Å². The van der Waals surface area contributed by atoms with Crippen LogP contribution in [0, 0.1) is 0 Å². The molecule has 1 N–H and O–H groups in total. The van der Waals surface area contributed by atoms with Crippen molar-refractivity contribution < 1.29 is 19.1 Å². The lowest BCUT2D eigenvalue weighted by Crippen LogP contribution is -2.37. The van der Waals surface area contributed by atoms with E-state index in [1.165, 1.54) is 7.11 Å². The summed E-state index contributed by atoms with van der Waals surface area (Å²) in [6.07, 6.45) is 0.352. The molecule has 0 heterocycles. The van der Waals surface area contributed by atoms with Crippen LogP contribution in [-0.2, 0) is 19.1 Å². The fraction of sp³-hybridized carbons (Fsp3) is 0.800. The number of carbonyl (C=O) groups excluding carboxylic acids is 2. The molecule has 6 heteroatoms. The molecule has 0 bridgehead atoms. The first-order valence-electron chi connectivity index (χ1n) is 4.96. The van der Waals surface area contributed by atoms with Crippen molar-refractivity contribution in [3.8, 4) is 0 Å². The molecule has 0 saturated heterocycles. The molecule has 0 aliphatic carbocycles. The minimum atomic E-state index is -0.708. The molecule has 0 fully saturated rings. The number of rotatable bonds is 5. The number of carbonyl (C=O) groups is 2. The molecule has 0 aliphatic rings. The zero-order valence-electron chi connectivity index (χ0n) is 10.0. The van der Waals surface area contributed by atoms with Crippen molar-refractivity contribution in [2.45, 2.75) is 45.3 Å². The zero-order chi connectivity index (χ0) is 12.8. The highest BCUT2D eigenvalue weighted by atomic mass is 35.5. The highest BCUT2D eigenvalue weighted by Crippen LogP contribution is 2.11. The van der Waals surface area contributed by atoms with Crippen molar-refractivity contribution in [1.29, 1.82) is 0 Å². The highest BCUT2D eigenvalue weighted by molar-refractivity contribution is 6.14. The first-order valence-corrected chi connectivity index (χ1v) is 5.33. The molecule has 0 amide bonds. The summed E-state index contributed by atoms with van der Waals surface area (Å²) in [5.74, 6) is -0.869. The van der Waals surface area contributed by atoms with E-state index < -0.39 is 17.6 Å². The van der Waals surface area contributed by atoms with Gasteiger partial charge in [-0.15, -0.1) is 0 Å². The third-order valence-corrected chi connectivity index (χ3v) is 1.95. The predicted molar refractivity (Wildman–Crippen MR) is 59.9 cm³/mol. The van der Waals surface area contributed by atoms with Gasteiger partial charge in [0.2, 0.25) is 0 Å². The van der Waals surface area contributed by atoms with Crippen LogP contribution in [0.5, 0.6) is 0 Å². The number of nitrogens with one attached hydrogen (secondary N) is 1. The summed E-state index contributed by atoms with van der Waals surface area (Å²) in [5, 5.41) is 0. The Morgan fingerprint density at radius 3 is 2.31 bits per heavy atom. The molecule has 5 nitrogen and oxygen atoms in total. The summed E-state index contributed by atoms with van der Waals surface area (Å²) >= 11 is 5.41. The van der Waals surface area contributed by atoms with Gasteiger partial charge < -0.3 is 9.47 Å². The summed E-state index contributed by atoms with van der Waals surface area (Å²) in [4.78, 5) is 24.8. The van der Waals surface area contributed by atoms with Crippen LogP contribution >= 0.6 is 11.8 Å². The van der Waals surface area contributed by atoms with Crippen LogP contribution in [0.2, 0.25) is 0 Å². The maximum absolute atomic E-state index is 11.6. The van der Waals surface area contributed by atoms with Crippen LogP contribution in [-0.4, -0.2) is 30.7 Å². The van der Waals surface area contributed by atoms with Crippen LogP contribution < -0.4 is 4.84 Å². The summed E-state index contributed by atoms with van der Waals surface area (Å²) in [6, 6.07) is -0.708. The topological polar surface area (TPSA) is 64.6 Å². The van der Waals surface area contributed by atoms with Gasteiger partial charge in [0.1, 0.15) is 11.6 Å². The lowest BCUT2D eigenvalue weighted by atomic mass is 10.1. The lowest BCUT2D eigenvalue weighted by Gasteiger charge is -2.22. The molecule has 0 aromatic rings. The van der Waals surface area contributed by atoms with Crippen LogP contribution in [0.1, 0.15) is 33.6 Å². The average Bonchev–Trinajstić information content (AvgIpc) is 2.15. The maximum Gasteiger partial charge on any atom is 0.324 e. The molecule has 0 radical (unpaired) electrons. The number of esters is 2. The Morgan fingerprint density at radius 1 is 1.38 bits per heavy atom. The second-order valence-electron chi connectivity index (χ2n) is 4.31. The summed E-state index contributed by atoms with van der Waals surface area (Å²) in [5.41, 5.74) is -0.575. The van der Waals surface area contributed by atoms with E-state index in [9.17, 15) is 9.59 Å².